The first-order chi connectivity index (χ1) is 17.1. The number of H-pyrrole nitrogens is 1. The summed E-state index contributed by atoms with van der Waals surface area (Å²) < 4.78 is 22.4. The van der Waals surface area contributed by atoms with Gasteiger partial charge in [-0.1, -0.05) is 13.0 Å². The lowest BCUT2D eigenvalue weighted by atomic mass is 9.89. The molecule has 0 saturated heterocycles. The highest BCUT2D eigenvalue weighted by atomic mass is 32.1. The number of methoxy groups -OCH3 is 2. The number of thiophene rings is 1. The lowest BCUT2D eigenvalue weighted by Crippen LogP contribution is -2.13. The maximum absolute atomic E-state index is 13.0. The Morgan fingerprint density at radius 3 is 2.69 bits per heavy atom. The van der Waals surface area contributed by atoms with Crippen LogP contribution in [0.2, 0.25) is 0 Å². The number of aromatic amines is 1. The number of ether oxygens (including phenoxy) is 4. The zero-order chi connectivity index (χ0) is 24.4. The first-order valence-corrected chi connectivity index (χ1v) is 12.5. The number of nitrogens with one attached hydrogen (secondary N) is 1. The summed E-state index contributed by atoms with van der Waals surface area (Å²) in [4.78, 5) is 22.9. The zero-order valence-corrected chi connectivity index (χ0v) is 20.9. The van der Waals surface area contributed by atoms with Crippen molar-refractivity contribution in [3.05, 3.63) is 63.3 Å². The summed E-state index contributed by atoms with van der Waals surface area (Å²) in [5, 5.41) is 0.753. The van der Waals surface area contributed by atoms with E-state index in [1.165, 1.54) is 10.4 Å². The minimum Gasteiger partial charge on any atom is -0.497 e. The van der Waals surface area contributed by atoms with Gasteiger partial charge in [-0.05, 0) is 61.1 Å². The molecule has 7 nitrogen and oxygen atoms in total. The van der Waals surface area contributed by atoms with Crippen molar-refractivity contribution in [1.29, 1.82) is 0 Å². The molecule has 8 heteroatoms. The fraction of sp³-hybridized carbons (Fsp3) is 0.333. The van der Waals surface area contributed by atoms with Gasteiger partial charge in [0.2, 0.25) is 0 Å². The van der Waals surface area contributed by atoms with Crippen LogP contribution in [0.15, 0.2) is 47.3 Å². The molecule has 0 amide bonds. The molecular weight excluding hydrogens is 464 g/mol. The molecule has 1 atom stereocenters. The molecule has 0 aliphatic heterocycles. The van der Waals surface area contributed by atoms with Crippen LogP contribution >= 0.6 is 11.3 Å². The van der Waals surface area contributed by atoms with Crippen molar-refractivity contribution in [2.45, 2.75) is 26.2 Å². The first-order valence-electron chi connectivity index (χ1n) is 11.7. The van der Waals surface area contributed by atoms with Crippen LogP contribution in [0.1, 0.15) is 23.8 Å². The molecule has 2 aromatic heterocycles. The van der Waals surface area contributed by atoms with E-state index in [0.717, 1.165) is 40.8 Å². The lowest BCUT2D eigenvalue weighted by molar-refractivity contribution is 0.211. The van der Waals surface area contributed by atoms with Crippen LogP contribution in [-0.4, -0.2) is 37.4 Å². The average Bonchev–Trinajstić information content (AvgIpc) is 3.24. The Kier molecular flexibility index (Phi) is 6.63. The fourth-order valence-corrected chi connectivity index (χ4v) is 5.81. The van der Waals surface area contributed by atoms with Gasteiger partial charge in [0.1, 0.15) is 35.4 Å². The van der Waals surface area contributed by atoms with Crippen LogP contribution in [0.25, 0.3) is 21.6 Å². The normalized spacial score (nSPS) is 15.0. The van der Waals surface area contributed by atoms with Crippen molar-refractivity contribution >= 4 is 21.6 Å². The van der Waals surface area contributed by atoms with E-state index >= 15 is 0 Å². The second-order valence-electron chi connectivity index (χ2n) is 8.69. The Morgan fingerprint density at radius 1 is 1.03 bits per heavy atom. The molecule has 4 aromatic rings. The second-order valence-corrected chi connectivity index (χ2v) is 9.77. The van der Waals surface area contributed by atoms with Crippen LogP contribution in [-0.2, 0) is 12.8 Å². The van der Waals surface area contributed by atoms with Crippen LogP contribution in [0.4, 0.5) is 0 Å². The molecule has 5 rings (SSSR count). The monoisotopic (exact) mass is 492 g/mol. The second kappa shape index (κ2) is 10.00. The molecule has 1 unspecified atom stereocenters. The SMILES string of the molecule is COc1cccc(OCCOc2ccc(-c3nc4sc5c(c4c(=O)[nH]3)CCC(C)C5)cc2OC)c1. The van der Waals surface area contributed by atoms with Crippen molar-refractivity contribution in [2.75, 3.05) is 27.4 Å². The molecule has 0 radical (unpaired) electrons. The Hall–Kier alpha value is -3.52. The number of benzene rings is 2. The number of fused-ring (bicyclic) bond motifs is 3. The van der Waals surface area contributed by atoms with Crippen LogP contribution in [0, 0.1) is 5.92 Å². The Morgan fingerprint density at radius 2 is 1.86 bits per heavy atom. The van der Waals surface area contributed by atoms with Gasteiger partial charge in [0.15, 0.2) is 11.5 Å². The number of hydrogen-bond donors (Lipinski definition) is 1. The third-order valence-corrected chi connectivity index (χ3v) is 7.40. The summed E-state index contributed by atoms with van der Waals surface area (Å²) in [6.07, 6.45) is 3.08. The standard InChI is InChI=1S/C27H28N2O5S/c1-16-7-9-20-23(13-16)35-27-24(20)26(30)28-25(29-27)17-8-10-21(22(14-17)32-3)34-12-11-33-19-6-4-5-18(15-19)31-2/h4-6,8,10,14-16H,7,9,11-13H2,1-3H3,(H,28,29,30). The molecular formula is C27H28N2O5S. The maximum atomic E-state index is 13.0. The predicted octanol–water partition coefficient (Wildman–Crippen LogP) is 5.25. The highest BCUT2D eigenvalue weighted by Crippen LogP contribution is 2.37. The first kappa shape index (κ1) is 23.2. The largest absolute Gasteiger partial charge is 0.497 e. The smallest absolute Gasteiger partial charge is 0.260 e. The van der Waals surface area contributed by atoms with Gasteiger partial charge in [-0.3, -0.25) is 4.79 Å². The Labute approximate surface area is 207 Å². The van der Waals surface area contributed by atoms with Crippen molar-refractivity contribution in [3.8, 4) is 34.4 Å². The number of nitrogens with zero attached hydrogens (tertiary/aromatic N) is 1. The molecule has 0 spiro atoms. The minimum atomic E-state index is -0.0777. The maximum Gasteiger partial charge on any atom is 0.260 e. The summed E-state index contributed by atoms with van der Waals surface area (Å²) in [7, 11) is 3.21. The quantitative estimate of drug-likeness (QED) is 0.338. The molecule has 1 N–H and O–H groups in total. The zero-order valence-electron chi connectivity index (χ0n) is 20.1. The lowest BCUT2D eigenvalue weighted by Gasteiger charge is -2.17. The van der Waals surface area contributed by atoms with Crippen LogP contribution < -0.4 is 24.5 Å². The predicted molar refractivity (Wildman–Crippen MR) is 137 cm³/mol. The average molecular weight is 493 g/mol. The molecule has 182 valence electrons. The molecule has 1 aliphatic rings. The van der Waals surface area contributed by atoms with Crippen molar-refractivity contribution < 1.29 is 18.9 Å². The van der Waals surface area contributed by atoms with Gasteiger partial charge in [-0.25, -0.2) is 4.98 Å². The molecule has 2 heterocycles. The fourth-order valence-electron chi connectivity index (χ4n) is 4.42. The Balaban J connectivity index is 1.32. The minimum absolute atomic E-state index is 0.0777. The summed E-state index contributed by atoms with van der Waals surface area (Å²) in [6, 6.07) is 13.0. The van der Waals surface area contributed by atoms with E-state index in [2.05, 4.69) is 11.9 Å². The number of hydrogen-bond acceptors (Lipinski definition) is 7. The van der Waals surface area contributed by atoms with E-state index < -0.39 is 0 Å². The summed E-state index contributed by atoms with van der Waals surface area (Å²) in [6.45, 7) is 2.97. The number of aromatic nitrogens is 2. The molecule has 2 aromatic carbocycles. The van der Waals surface area contributed by atoms with Gasteiger partial charge < -0.3 is 23.9 Å². The summed E-state index contributed by atoms with van der Waals surface area (Å²) in [5.41, 5.74) is 1.87. The summed E-state index contributed by atoms with van der Waals surface area (Å²) in [5.74, 6) is 3.78. The topological polar surface area (TPSA) is 82.7 Å². The van der Waals surface area contributed by atoms with Gasteiger partial charge in [-0.15, -0.1) is 11.3 Å². The van der Waals surface area contributed by atoms with Crippen LogP contribution in [0.3, 0.4) is 0 Å². The molecule has 0 saturated carbocycles. The van der Waals surface area contributed by atoms with E-state index in [1.807, 2.05) is 42.5 Å². The van der Waals surface area contributed by atoms with E-state index in [0.29, 0.717) is 42.2 Å². The van der Waals surface area contributed by atoms with Gasteiger partial charge in [0.05, 0.1) is 19.6 Å². The van der Waals surface area contributed by atoms with Crippen molar-refractivity contribution in [2.24, 2.45) is 5.92 Å². The third kappa shape index (κ3) is 4.84. The van der Waals surface area contributed by atoms with Crippen molar-refractivity contribution in [3.63, 3.8) is 0 Å². The van der Waals surface area contributed by atoms with E-state index in [1.54, 1.807) is 25.6 Å². The number of rotatable bonds is 8. The van der Waals surface area contributed by atoms with Gasteiger partial charge in [0.25, 0.3) is 5.56 Å². The van der Waals surface area contributed by atoms with E-state index in [4.69, 9.17) is 23.9 Å². The molecule has 0 bridgehead atoms. The molecule has 0 fully saturated rings. The Bertz CT molecular complexity index is 1410. The highest BCUT2D eigenvalue weighted by Gasteiger charge is 2.23. The number of aryl methyl sites for hydroxylation is 1. The van der Waals surface area contributed by atoms with Gasteiger partial charge in [0, 0.05) is 16.5 Å². The molecule has 1 aliphatic carbocycles. The van der Waals surface area contributed by atoms with E-state index in [9.17, 15) is 4.79 Å². The van der Waals surface area contributed by atoms with Gasteiger partial charge >= 0.3 is 0 Å². The van der Waals surface area contributed by atoms with Crippen molar-refractivity contribution in [1.82, 2.24) is 9.97 Å². The highest BCUT2D eigenvalue weighted by molar-refractivity contribution is 7.18. The summed E-state index contributed by atoms with van der Waals surface area (Å²) >= 11 is 1.64. The van der Waals surface area contributed by atoms with Crippen LogP contribution in [0.5, 0.6) is 23.0 Å². The van der Waals surface area contributed by atoms with Gasteiger partial charge in [-0.2, -0.15) is 0 Å². The van der Waals surface area contributed by atoms with E-state index in [-0.39, 0.29) is 5.56 Å². The molecule has 35 heavy (non-hydrogen) atoms. The third-order valence-electron chi connectivity index (χ3n) is 6.25.